The Bertz CT molecular complexity index is 308. The van der Waals surface area contributed by atoms with Crippen molar-refractivity contribution in [3.8, 4) is 0 Å². The molecule has 0 N–H and O–H groups in total. The highest BCUT2D eigenvalue weighted by Gasteiger charge is 2.41. The smallest absolute Gasteiger partial charge is 0.314 e. The number of halogens is 2. The number of rotatable bonds is 0. The normalized spacial score (nSPS) is 31.1. The highest BCUT2D eigenvalue weighted by molar-refractivity contribution is 9.28. The minimum Gasteiger partial charge on any atom is -0.429 e. The number of carbonyl (C=O) groups is 1. The molecule has 4 heteroatoms. The summed E-state index contributed by atoms with van der Waals surface area (Å²) in [4.78, 5) is 11.8. The first-order valence-electron chi connectivity index (χ1n) is 5.97. The second kappa shape index (κ2) is 5.67. The van der Waals surface area contributed by atoms with Gasteiger partial charge in [-0.15, -0.1) is 0 Å². The van der Waals surface area contributed by atoms with Gasteiger partial charge in [0.25, 0.3) is 0 Å². The van der Waals surface area contributed by atoms with Gasteiger partial charge in [0.2, 0.25) is 0 Å². The summed E-state index contributed by atoms with van der Waals surface area (Å²) in [6.07, 6.45) is 8.27. The monoisotopic (exact) mass is 350 g/mol. The lowest BCUT2D eigenvalue weighted by atomic mass is 9.86. The molecule has 0 bridgehead atoms. The summed E-state index contributed by atoms with van der Waals surface area (Å²) >= 11 is 6.75. The molecule has 16 heavy (non-hydrogen) atoms. The predicted octanol–water partition coefficient (Wildman–Crippen LogP) is 4.48. The molecule has 2 aliphatic rings. The maximum absolute atomic E-state index is 11.8. The number of allylic oxidation sites excluding steroid dienone is 1. The van der Waals surface area contributed by atoms with Gasteiger partial charge in [-0.05, 0) is 44.7 Å². The minimum absolute atomic E-state index is 0.0294. The Kier molecular flexibility index (Phi) is 4.48. The molecule has 0 amide bonds. The molecule has 2 nitrogen and oxygen atoms in total. The molecule has 0 radical (unpaired) electrons. The Labute approximate surface area is 113 Å². The Morgan fingerprint density at radius 2 is 1.56 bits per heavy atom. The quantitative estimate of drug-likeness (QED) is 0.601. The van der Waals surface area contributed by atoms with Gasteiger partial charge in [-0.1, -0.05) is 32.1 Å². The molecule has 0 aromatic rings. The molecular formula is C12H16Br2O2. The topological polar surface area (TPSA) is 26.3 Å². The molecule has 0 aromatic carbocycles. The largest absolute Gasteiger partial charge is 0.429 e. The number of esters is 1. The van der Waals surface area contributed by atoms with Gasteiger partial charge in [-0.25, -0.2) is 0 Å². The summed E-state index contributed by atoms with van der Waals surface area (Å²) in [5.74, 6) is 1.17. The lowest BCUT2D eigenvalue weighted by Gasteiger charge is -2.14. The maximum atomic E-state index is 11.8. The van der Waals surface area contributed by atoms with E-state index in [2.05, 4.69) is 31.9 Å². The van der Waals surface area contributed by atoms with Crippen LogP contribution in [0, 0.1) is 11.8 Å². The third-order valence-electron chi connectivity index (χ3n) is 3.55. The van der Waals surface area contributed by atoms with Crippen molar-refractivity contribution >= 4 is 37.8 Å². The number of hydrogen-bond acceptors (Lipinski definition) is 2. The maximum Gasteiger partial charge on any atom is 0.314 e. The van der Waals surface area contributed by atoms with Crippen molar-refractivity contribution in [3.63, 3.8) is 0 Å². The highest BCUT2D eigenvalue weighted by atomic mass is 79.9. The Balaban J connectivity index is 2.19. The number of fused-ring (bicyclic) bond motifs is 1. The summed E-state index contributed by atoms with van der Waals surface area (Å²) in [7, 11) is 0. The third-order valence-corrected chi connectivity index (χ3v) is 4.33. The molecule has 0 aromatic heterocycles. The zero-order valence-corrected chi connectivity index (χ0v) is 12.3. The van der Waals surface area contributed by atoms with Crippen molar-refractivity contribution in [2.45, 2.75) is 44.9 Å². The summed E-state index contributed by atoms with van der Waals surface area (Å²) in [5.41, 5.74) is 0. The Hall–Kier alpha value is 0.170. The van der Waals surface area contributed by atoms with Gasteiger partial charge in [0, 0.05) is 5.92 Å². The van der Waals surface area contributed by atoms with E-state index in [9.17, 15) is 4.79 Å². The van der Waals surface area contributed by atoms with Crippen molar-refractivity contribution in [1.82, 2.24) is 0 Å². The van der Waals surface area contributed by atoms with E-state index in [4.69, 9.17) is 4.74 Å². The van der Waals surface area contributed by atoms with Crippen LogP contribution in [0.15, 0.2) is 9.15 Å². The average Bonchev–Trinajstić information content (AvgIpc) is 2.60. The average molecular weight is 352 g/mol. The molecule has 2 fully saturated rings. The van der Waals surface area contributed by atoms with E-state index in [0.29, 0.717) is 5.92 Å². The SMILES string of the molecule is O=C1OC(=C(Br)Br)C2CCCCCCCC12. The van der Waals surface area contributed by atoms with Crippen molar-refractivity contribution in [2.75, 3.05) is 0 Å². The van der Waals surface area contributed by atoms with E-state index in [0.717, 1.165) is 28.4 Å². The molecule has 2 unspecified atom stereocenters. The fourth-order valence-corrected chi connectivity index (χ4v) is 3.45. The van der Waals surface area contributed by atoms with Gasteiger partial charge in [0.1, 0.15) is 5.76 Å². The lowest BCUT2D eigenvalue weighted by Crippen LogP contribution is -2.15. The molecule has 1 saturated heterocycles. The molecule has 1 aliphatic carbocycles. The van der Waals surface area contributed by atoms with Gasteiger partial charge in [-0.3, -0.25) is 4.79 Å². The van der Waals surface area contributed by atoms with E-state index in [1.54, 1.807) is 0 Å². The number of ether oxygens (including phenoxy) is 1. The van der Waals surface area contributed by atoms with Gasteiger partial charge in [0.05, 0.1) is 9.31 Å². The fourth-order valence-electron chi connectivity index (χ4n) is 2.70. The van der Waals surface area contributed by atoms with Gasteiger partial charge < -0.3 is 4.74 Å². The Morgan fingerprint density at radius 1 is 1.00 bits per heavy atom. The summed E-state index contributed by atoms with van der Waals surface area (Å²) in [5, 5.41) is 0. The van der Waals surface area contributed by atoms with E-state index in [1.165, 1.54) is 25.7 Å². The summed E-state index contributed by atoms with van der Waals surface area (Å²) < 4.78 is 6.17. The van der Waals surface area contributed by atoms with Crippen LogP contribution in [-0.2, 0) is 9.53 Å². The zero-order chi connectivity index (χ0) is 11.5. The van der Waals surface area contributed by atoms with Crippen LogP contribution >= 0.6 is 31.9 Å². The highest BCUT2D eigenvalue weighted by Crippen LogP contribution is 2.43. The Morgan fingerprint density at radius 3 is 2.19 bits per heavy atom. The van der Waals surface area contributed by atoms with Crippen LogP contribution in [0.3, 0.4) is 0 Å². The predicted molar refractivity (Wildman–Crippen MR) is 70.3 cm³/mol. The second-order valence-corrected chi connectivity index (χ2v) is 7.25. The standard InChI is InChI=1S/C12H16Br2O2/c13-11(14)10-8-6-4-2-1-3-5-7-9(8)12(15)16-10/h8-9H,1-7H2. The van der Waals surface area contributed by atoms with Crippen molar-refractivity contribution in [3.05, 3.63) is 9.15 Å². The molecule has 2 atom stereocenters. The molecule has 0 spiro atoms. The third kappa shape index (κ3) is 2.70. The lowest BCUT2D eigenvalue weighted by molar-refractivity contribution is -0.139. The minimum atomic E-state index is -0.0294. The number of cyclic esters (lactones) is 1. The van der Waals surface area contributed by atoms with E-state index in [1.807, 2.05) is 0 Å². The van der Waals surface area contributed by atoms with Crippen LogP contribution in [0.25, 0.3) is 0 Å². The fraction of sp³-hybridized carbons (Fsp3) is 0.750. The van der Waals surface area contributed by atoms with E-state index < -0.39 is 0 Å². The molecule has 1 saturated carbocycles. The van der Waals surface area contributed by atoms with Crippen molar-refractivity contribution < 1.29 is 9.53 Å². The number of carbonyl (C=O) groups excluding carboxylic acids is 1. The van der Waals surface area contributed by atoms with E-state index >= 15 is 0 Å². The van der Waals surface area contributed by atoms with Crippen LogP contribution in [0.5, 0.6) is 0 Å². The van der Waals surface area contributed by atoms with Crippen LogP contribution in [-0.4, -0.2) is 5.97 Å². The molecule has 1 aliphatic heterocycles. The van der Waals surface area contributed by atoms with Crippen molar-refractivity contribution in [1.29, 1.82) is 0 Å². The van der Waals surface area contributed by atoms with Gasteiger partial charge in [0.15, 0.2) is 0 Å². The molecule has 90 valence electrons. The first kappa shape index (κ1) is 12.6. The van der Waals surface area contributed by atoms with Gasteiger partial charge >= 0.3 is 5.97 Å². The van der Waals surface area contributed by atoms with Crippen LogP contribution in [0.2, 0.25) is 0 Å². The second-order valence-electron chi connectivity index (χ2n) is 4.60. The van der Waals surface area contributed by atoms with E-state index in [-0.39, 0.29) is 11.9 Å². The summed E-state index contributed by atoms with van der Waals surface area (Å²) in [6, 6.07) is 0. The van der Waals surface area contributed by atoms with Crippen molar-refractivity contribution in [2.24, 2.45) is 11.8 Å². The van der Waals surface area contributed by atoms with Crippen LogP contribution in [0.4, 0.5) is 0 Å². The van der Waals surface area contributed by atoms with Gasteiger partial charge in [-0.2, -0.15) is 0 Å². The number of hydrogen-bond donors (Lipinski definition) is 0. The first-order valence-corrected chi connectivity index (χ1v) is 7.55. The molecular weight excluding hydrogens is 336 g/mol. The molecule has 1 heterocycles. The zero-order valence-electron chi connectivity index (χ0n) is 9.18. The molecule has 2 rings (SSSR count). The first-order chi connectivity index (χ1) is 7.70. The van der Waals surface area contributed by atoms with Crippen LogP contribution in [0.1, 0.15) is 44.9 Å². The van der Waals surface area contributed by atoms with Crippen LogP contribution < -0.4 is 0 Å². The summed E-state index contributed by atoms with van der Waals surface area (Å²) in [6.45, 7) is 0.